The number of benzene rings is 3. The predicted octanol–water partition coefficient (Wildman–Crippen LogP) is 6.31. The molecule has 0 fully saturated rings. The Labute approximate surface area is 213 Å². The Morgan fingerprint density at radius 2 is 1.60 bits per heavy atom. The SMILES string of the molecule is COC(=O)C1=C(C)NC2=C(C(=O)c3ccccc32)[C@H]1c1cc(Cl)c(OCc2ccccc2)c(Cl)c1. The monoisotopic (exact) mass is 505 g/mol. The molecular weight excluding hydrogens is 485 g/mol. The van der Waals surface area contributed by atoms with Crippen molar-refractivity contribution < 1.29 is 19.1 Å². The number of carbonyl (C=O) groups excluding carboxylic acids is 2. The molecule has 35 heavy (non-hydrogen) atoms. The van der Waals surface area contributed by atoms with Crippen molar-refractivity contribution in [3.63, 3.8) is 0 Å². The van der Waals surface area contributed by atoms with Crippen LogP contribution in [0.3, 0.4) is 0 Å². The van der Waals surface area contributed by atoms with Gasteiger partial charge in [0.25, 0.3) is 0 Å². The number of hydrogen-bond acceptors (Lipinski definition) is 5. The molecule has 1 N–H and O–H groups in total. The summed E-state index contributed by atoms with van der Waals surface area (Å²) >= 11 is 13.3. The molecule has 7 heteroatoms. The zero-order valence-electron chi connectivity index (χ0n) is 19.0. The first-order chi connectivity index (χ1) is 16.9. The first-order valence-corrected chi connectivity index (χ1v) is 11.8. The van der Waals surface area contributed by atoms with Crippen molar-refractivity contribution in [2.45, 2.75) is 19.4 Å². The van der Waals surface area contributed by atoms with Crippen LogP contribution in [0.15, 0.2) is 83.6 Å². The summed E-state index contributed by atoms with van der Waals surface area (Å²) in [6.07, 6.45) is 0. The number of hydrogen-bond donors (Lipinski definition) is 1. The van der Waals surface area contributed by atoms with Gasteiger partial charge in [-0.2, -0.15) is 0 Å². The lowest BCUT2D eigenvalue weighted by atomic mass is 9.80. The molecule has 3 aromatic rings. The van der Waals surface area contributed by atoms with Crippen LogP contribution in [0.1, 0.15) is 39.9 Å². The highest BCUT2D eigenvalue weighted by Crippen LogP contribution is 2.48. The van der Waals surface area contributed by atoms with Gasteiger partial charge >= 0.3 is 5.97 Å². The van der Waals surface area contributed by atoms with Gasteiger partial charge in [-0.1, -0.05) is 77.8 Å². The lowest BCUT2D eigenvalue weighted by Crippen LogP contribution is -2.29. The summed E-state index contributed by atoms with van der Waals surface area (Å²) in [5, 5.41) is 3.83. The minimum Gasteiger partial charge on any atom is -0.486 e. The fourth-order valence-electron chi connectivity index (χ4n) is 4.66. The summed E-state index contributed by atoms with van der Waals surface area (Å²) in [6.45, 7) is 2.08. The second kappa shape index (κ2) is 9.25. The van der Waals surface area contributed by atoms with Gasteiger partial charge in [0, 0.05) is 28.3 Å². The van der Waals surface area contributed by atoms with Crippen LogP contribution < -0.4 is 10.1 Å². The van der Waals surface area contributed by atoms with Crippen molar-refractivity contribution in [3.05, 3.63) is 116 Å². The highest BCUT2D eigenvalue weighted by Gasteiger charge is 2.43. The Balaban J connectivity index is 1.59. The average Bonchev–Trinajstić information content (AvgIpc) is 3.14. The molecule has 1 heterocycles. The molecule has 2 aliphatic rings. The van der Waals surface area contributed by atoms with Gasteiger partial charge in [-0.3, -0.25) is 4.79 Å². The Morgan fingerprint density at radius 3 is 2.26 bits per heavy atom. The summed E-state index contributed by atoms with van der Waals surface area (Å²) in [5.41, 5.74) is 5.01. The van der Waals surface area contributed by atoms with E-state index in [1.54, 1.807) is 25.1 Å². The topological polar surface area (TPSA) is 64.6 Å². The lowest BCUT2D eigenvalue weighted by Gasteiger charge is -2.29. The summed E-state index contributed by atoms with van der Waals surface area (Å²) in [7, 11) is 1.31. The molecule has 3 aromatic carbocycles. The first kappa shape index (κ1) is 23.2. The van der Waals surface area contributed by atoms with Crippen molar-refractivity contribution in [1.82, 2.24) is 5.32 Å². The lowest BCUT2D eigenvalue weighted by molar-refractivity contribution is -0.136. The number of esters is 1. The van der Waals surface area contributed by atoms with Gasteiger partial charge in [-0.25, -0.2) is 4.79 Å². The first-order valence-electron chi connectivity index (χ1n) is 11.0. The van der Waals surface area contributed by atoms with Gasteiger partial charge in [-0.05, 0) is 30.2 Å². The van der Waals surface area contributed by atoms with Gasteiger partial charge in [0.15, 0.2) is 11.5 Å². The zero-order valence-corrected chi connectivity index (χ0v) is 20.5. The molecule has 5 nitrogen and oxygen atoms in total. The van der Waals surface area contributed by atoms with Crippen molar-refractivity contribution in [3.8, 4) is 5.75 Å². The van der Waals surface area contributed by atoms with E-state index in [2.05, 4.69) is 5.32 Å². The van der Waals surface area contributed by atoms with Crippen LogP contribution in [-0.4, -0.2) is 18.9 Å². The molecule has 5 rings (SSSR count). The number of dihydropyridines is 1. The van der Waals surface area contributed by atoms with E-state index in [9.17, 15) is 9.59 Å². The Kier molecular flexibility index (Phi) is 6.13. The van der Waals surface area contributed by atoms with E-state index in [4.69, 9.17) is 32.7 Å². The van der Waals surface area contributed by atoms with Crippen molar-refractivity contribution in [2.75, 3.05) is 7.11 Å². The van der Waals surface area contributed by atoms with E-state index in [1.807, 2.05) is 48.5 Å². The molecule has 0 spiro atoms. The second-order valence-electron chi connectivity index (χ2n) is 8.34. The summed E-state index contributed by atoms with van der Waals surface area (Å²) in [4.78, 5) is 26.4. The van der Waals surface area contributed by atoms with Crippen molar-refractivity contribution in [2.24, 2.45) is 0 Å². The highest BCUT2D eigenvalue weighted by atomic mass is 35.5. The largest absolute Gasteiger partial charge is 0.486 e. The number of Topliss-reactive ketones (excluding diaryl/α,β-unsaturated/α-hetero) is 1. The van der Waals surface area contributed by atoms with Crippen LogP contribution >= 0.6 is 23.2 Å². The fourth-order valence-corrected chi connectivity index (χ4v) is 5.27. The third kappa shape index (κ3) is 4.01. The molecule has 0 radical (unpaired) electrons. The maximum Gasteiger partial charge on any atom is 0.336 e. The number of nitrogens with one attached hydrogen (secondary N) is 1. The maximum atomic E-state index is 13.5. The smallest absolute Gasteiger partial charge is 0.336 e. The van der Waals surface area contributed by atoms with Gasteiger partial charge in [0.1, 0.15) is 6.61 Å². The molecule has 0 bridgehead atoms. The molecule has 1 aliphatic carbocycles. The molecule has 0 unspecified atom stereocenters. The van der Waals surface area contributed by atoms with E-state index in [1.165, 1.54) is 7.11 Å². The number of ketones is 1. The Hall–Kier alpha value is -3.54. The molecule has 1 atom stereocenters. The quantitative estimate of drug-likeness (QED) is 0.411. The molecular formula is C28H21Cl2NO4. The zero-order chi connectivity index (χ0) is 24.7. The Bertz CT molecular complexity index is 1400. The predicted molar refractivity (Wildman–Crippen MR) is 136 cm³/mol. The molecule has 0 amide bonds. The second-order valence-corrected chi connectivity index (χ2v) is 9.15. The van der Waals surface area contributed by atoms with Gasteiger partial charge < -0.3 is 14.8 Å². The standard InChI is InChI=1S/C28H21Cl2NO4/c1-15-22(28(33)34-2)23(24-25(31-15)18-10-6-7-11-19(18)26(24)32)17-12-20(29)27(21(30)13-17)35-14-16-8-4-3-5-9-16/h3-13,23,31H,14H2,1-2H3/t23-/m0/s1. The number of ether oxygens (including phenoxy) is 2. The van der Waals surface area contributed by atoms with E-state index >= 15 is 0 Å². The van der Waals surface area contributed by atoms with Gasteiger partial charge in [-0.15, -0.1) is 0 Å². The number of halogens is 2. The molecule has 0 saturated heterocycles. The van der Waals surface area contributed by atoms with Crippen molar-refractivity contribution >= 4 is 40.7 Å². The number of allylic oxidation sites excluding steroid dienone is 2. The van der Waals surface area contributed by atoms with E-state index in [0.29, 0.717) is 46.0 Å². The average molecular weight is 506 g/mol. The minimum absolute atomic E-state index is 0.154. The van der Waals surface area contributed by atoms with Gasteiger partial charge in [0.2, 0.25) is 0 Å². The van der Waals surface area contributed by atoms with E-state index in [0.717, 1.165) is 11.1 Å². The van der Waals surface area contributed by atoms with Crippen LogP contribution in [0.2, 0.25) is 10.0 Å². The highest BCUT2D eigenvalue weighted by molar-refractivity contribution is 6.37. The molecule has 0 aromatic heterocycles. The van der Waals surface area contributed by atoms with Crippen molar-refractivity contribution in [1.29, 1.82) is 0 Å². The molecule has 176 valence electrons. The molecule has 1 aliphatic heterocycles. The number of methoxy groups -OCH3 is 1. The van der Waals surface area contributed by atoms with Crippen LogP contribution in [0, 0.1) is 0 Å². The van der Waals surface area contributed by atoms with Crippen LogP contribution in [-0.2, 0) is 16.1 Å². The fraction of sp³-hybridized carbons (Fsp3) is 0.143. The minimum atomic E-state index is -0.711. The summed E-state index contributed by atoms with van der Waals surface area (Å²) in [5.74, 6) is -1.06. The number of fused-ring (bicyclic) bond motifs is 2. The summed E-state index contributed by atoms with van der Waals surface area (Å²) in [6, 6.07) is 20.4. The van der Waals surface area contributed by atoms with E-state index < -0.39 is 11.9 Å². The summed E-state index contributed by atoms with van der Waals surface area (Å²) < 4.78 is 11.0. The third-order valence-corrected chi connectivity index (χ3v) is 6.80. The number of rotatable bonds is 5. The van der Waals surface area contributed by atoms with E-state index in [-0.39, 0.29) is 15.8 Å². The third-order valence-electron chi connectivity index (χ3n) is 6.23. The Morgan fingerprint density at radius 1 is 0.971 bits per heavy atom. The van der Waals surface area contributed by atoms with Crippen LogP contribution in [0.5, 0.6) is 5.75 Å². The normalized spacial score (nSPS) is 16.6. The number of carbonyl (C=O) groups is 2. The molecule has 0 saturated carbocycles. The van der Waals surface area contributed by atoms with Gasteiger partial charge in [0.05, 0.1) is 28.4 Å². The van der Waals surface area contributed by atoms with Crippen LogP contribution in [0.25, 0.3) is 5.70 Å². The maximum absolute atomic E-state index is 13.5. The van der Waals surface area contributed by atoms with Crippen LogP contribution in [0.4, 0.5) is 0 Å².